The van der Waals surface area contributed by atoms with Gasteiger partial charge in [0.2, 0.25) is 0 Å². The van der Waals surface area contributed by atoms with Crippen molar-refractivity contribution in [2.75, 3.05) is 7.11 Å². The molecule has 0 atom stereocenters. The van der Waals surface area contributed by atoms with Crippen LogP contribution < -0.4 is 9.54 Å². The number of thiophene rings is 1. The molecule has 0 unspecified atom stereocenters. The Morgan fingerprint density at radius 3 is 3.00 bits per heavy atom. The van der Waals surface area contributed by atoms with E-state index in [0.717, 1.165) is 16.0 Å². The number of ether oxygens (including phenoxy) is 1. The molecule has 3 aromatic rings. The molecule has 0 radical (unpaired) electrons. The summed E-state index contributed by atoms with van der Waals surface area (Å²) < 4.78 is 8.08. The van der Waals surface area contributed by atoms with Crippen LogP contribution in [0, 0.1) is 12.3 Å². The minimum Gasteiger partial charge on any atom is -0.497 e. The molecule has 0 spiro atoms. The fraction of sp³-hybridized carbons (Fsp3) is 0.125. The number of rotatable bonds is 3. The minimum absolute atomic E-state index is 0.251. The number of fused-ring (bicyclic) bond motifs is 1. The second-order valence-electron chi connectivity index (χ2n) is 4.40. The molecule has 3 rings (SSSR count). The molecule has 0 fully saturated rings. The van der Waals surface area contributed by atoms with E-state index < -0.39 is 0 Å². The molecule has 4 nitrogen and oxygen atoms in total. The molecule has 2 heterocycles. The fourth-order valence-electron chi connectivity index (χ4n) is 2.05. The molecule has 22 heavy (non-hydrogen) atoms. The zero-order valence-corrected chi connectivity index (χ0v) is 13.4. The van der Waals surface area contributed by atoms with Crippen molar-refractivity contribution >= 4 is 38.8 Å². The van der Waals surface area contributed by atoms with E-state index in [9.17, 15) is 4.79 Å². The fourth-order valence-corrected chi connectivity index (χ4v) is 3.72. The summed E-state index contributed by atoms with van der Waals surface area (Å²) in [6.45, 7) is 0.364. The van der Waals surface area contributed by atoms with E-state index in [1.54, 1.807) is 13.2 Å². The van der Waals surface area contributed by atoms with Crippen LogP contribution in [0.4, 0.5) is 0 Å². The maximum absolute atomic E-state index is 12.2. The van der Waals surface area contributed by atoms with Gasteiger partial charge in [-0.25, -0.2) is 0 Å². The first-order chi connectivity index (χ1) is 10.7. The molecular weight excluding hydrogens is 316 g/mol. The lowest BCUT2D eigenvalue weighted by Gasteiger charge is -2.01. The van der Waals surface area contributed by atoms with Gasteiger partial charge in [0.25, 0.3) is 5.91 Å². The molecule has 0 aliphatic heterocycles. The number of amides is 1. The molecule has 1 aromatic carbocycles. The summed E-state index contributed by atoms with van der Waals surface area (Å²) in [5, 5.41) is 1.86. The number of benzene rings is 1. The number of nitrogens with zero attached hydrogens (tertiary/aromatic N) is 2. The first-order valence-electron chi connectivity index (χ1n) is 6.46. The van der Waals surface area contributed by atoms with Crippen molar-refractivity contribution in [2.45, 2.75) is 6.54 Å². The lowest BCUT2D eigenvalue weighted by molar-refractivity contribution is 0.100. The Morgan fingerprint density at radius 2 is 2.32 bits per heavy atom. The average Bonchev–Trinajstić information content (AvgIpc) is 3.16. The van der Waals surface area contributed by atoms with Crippen molar-refractivity contribution in [1.29, 1.82) is 0 Å². The normalized spacial score (nSPS) is 11.5. The molecule has 0 aliphatic carbocycles. The second-order valence-corrected chi connectivity index (χ2v) is 6.36. The van der Waals surface area contributed by atoms with E-state index >= 15 is 0 Å². The Bertz CT molecular complexity index is 927. The summed E-state index contributed by atoms with van der Waals surface area (Å²) in [5.74, 6) is 3.12. The summed E-state index contributed by atoms with van der Waals surface area (Å²) in [6.07, 6.45) is 5.45. The van der Waals surface area contributed by atoms with Gasteiger partial charge in [0, 0.05) is 0 Å². The van der Waals surface area contributed by atoms with Gasteiger partial charge in [-0.3, -0.25) is 4.79 Å². The summed E-state index contributed by atoms with van der Waals surface area (Å²) >= 11 is 2.80. The molecule has 0 N–H and O–H groups in total. The highest BCUT2D eigenvalue weighted by molar-refractivity contribution is 7.16. The Kier molecular flexibility index (Phi) is 4.09. The highest BCUT2D eigenvalue weighted by atomic mass is 32.1. The molecule has 110 valence electrons. The molecule has 0 saturated carbocycles. The molecular formula is C16H12N2O2S2. The third-order valence-electron chi connectivity index (χ3n) is 3.07. The Hall–Kier alpha value is -2.36. The number of methoxy groups -OCH3 is 1. The Labute approximate surface area is 135 Å². The van der Waals surface area contributed by atoms with Crippen LogP contribution in [-0.4, -0.2) is 17.6 Å². The van der Waals surface area contributed by atoms with Gasteiger partial charge in [-0.2, -0.15) is 4.99 Å². The maximum atomic E-state index is 12.2. The highest BCUT2D eigenvalue weighted by Gasteiger charge is 2.10. The average molecular weight is 328 g/mol. The van der Waals surface area contributed by atoms with Crippen LogP contribution in [0.15, 0.2) is 40.7 Å². The number of carbonyl (C=O) groups is 1. The lowest BCUT2D eigenvalue weighted by Crippen LogP contribution is -2.16. The summed E-state index contributed by atoms with van der Waals surface area (Å²) in [7, 11) is 1.62. The topological polar surface area (TPSA) is 43.6 Å². The van der Waals surface area contributed by atoms with Gasteiger partial charge >= 0.3 is 0 Å². The van der Waals surface area contributed by atoms with Crippen molar-refractivity contribution in [3.63, 3.8) is 0 Å². The third-order valence-corrected chi connectivity index (χ3v) is 4.97. The van der Waals surface area contributed by atoms with Crippen molar-refractivity contribution in [3.05, 3.63) is 45.4 Å². The number of aromatic nitrogens is 1. The van der Waals surface area contributed by atoms with Crippen molar-refractivity contribution in [2.24, 2.45) is 4.99 Å². The van der Waals surface area contributed by atoms with Crippen LogP contribution >= 0.6 is 22.7 Å². The molecule has 6 heteroatoms. The van der Waals surface area contributed by atoms with Crippen molar-refractivity contribution in [1.82, 2.24) is 4.57 Å². The van der Waals surface area contributed by atoms with Crippen LogP contribution in [0.25, 0.3) is 10.2 Å². The van der Waals surface area contributed by atoms with Gasteiger partial charge in [-0.05, 0) is 29.6 Å². The first kappa shape index (κ1) is 14.6. The predicted octanol–water partition coefficient (Wildman–Crippen LogP) is 3.15. The van der Waals surface area contributed by atoms with Gasteiger partial charge < -0.3 is 9.30 Å². The van der Waals surface area contributed by atoms with Crippen molar-refractivity contribution < 1.29 is 9.53 Å². The van der Waals surface area contributed by atoms with Crippen LogP contribution in [0.1, 0.15) is 9.67 Å². The van der Waals surface area contributed by atoms with Gasteiger partial charge in [-0.15, -0.1) is 17.8 Å². The number of carbonyl (C=O) groups excluding carboxylic acids is 1. The summed E-state index contributed by atoms with van der Waals surface area (Å²) in [5.41, 5.74) is 0.946. The maximum Gasteiger partial charge on any atom is 0.289 e. The van der Waals surface area contributed by atoms with E-state index in [-0.39, 0.29) is 5.91 Å². The van der Waals surface area contributed by atoms with Crippen LogP contribution in [0.5, 0.6) is 5.75 Å². The van der Waals surface area contributed by atoms with E-state index in [0.29, 0.717) is 16.2 Å². The van der Waals surface area contributed by atoms with Crippen molar-refractivity contribution in [3.8, 4) is 18.1 Å². The van der Waals surface area contributed by atoms with Crippen LogP contribution in [0.2, 0.25) is 0 Å². The van der Waals surface area contributed by atoms with Gasteiger partial charge in [0.05, 0.1) is 28.7 Å². The van der Waals surface area contributed by atoms with Gasteiger partial charge in [0.1, 0.15) is 5.75 Å². The molecule has 2 aromatic heterocycles. The smallest absolute Gasteiger partial charge is 0.289 e. The highest BCUT2D eigenvalue weighted by Crippen LogP contribution is 2.23. The molecule has 0 bridgehead atoms. The van der Waals surface area contributed by atoms with E-state index in [2.05, 4.69) is 10.9 Å². The minimum atomic E-state index is -0.251. The number of hydrogen-bond donors (Lipinski definition) is 0. The quantitative estimate of drug-likeness (QED) is 0.693. The monoisotopic (exact) mass is 328 g/mol. The second kappa shape index (κ2) is 6.18. The van der Waals surface area contributed by atoms with Gasteiger partial charge in [-0.1, -0.05) is 23.3 Å². The lowest BCUT2D eigenvalue weighted by atomic mass is 10.3. The standard InChI is InChI=1S/C16H12N2O2S2/c1-3-8-18-12-7-6-11(20-2)10-14(12)22-16(18)17-15(19)13-5-4-9-21-13/h1,4-7,9-10H,8H2,2H3. The number of terminal acetylenes is 1. The summed E-state index contributed by atoms with van der Waals surface area (Å²) in [6, 6.07) is 9.31. The SMILES string of the molecule is C#CCn1c(=NC(=O)c2cccs2)sc2cc(OC)ccc21. The zero-order chi connectivity index (χ0) is 15.5. The van der Waals surface area contributed by atoms with Gasteiger partial charge in [0.15, 0.2) is 4.80 Å². The Morgan fingerprint density at radius 1 is 1.45 bits per heavy atom. The predicted molar refractivity (Wildman–Crippen MR) is 89.4 cm³/mol. The van der Waals surface area contributed by atoms with Crippen LogP contribution in [-0.2, 0) is 6.54 Å². The third kappa shape index (κ3) is 2.69. The van der Waals surface area contributed by atoms with Crippen LogP contribution in [0.3, 0.4) is 0 Å². The molecule has 0 saturated heterocycles. The van der Waals surface area contributed by atoms with E-state index in [4.69, 9.17) is 11.2 Å². The number of thiazole rings is 1. The molecule has 0 aliphatic rings. The van der Waals surface area contributed by atoms with E-state index in [1.165, 1.54) is 22.7 Å². The Balaban J connectivity index is 2.17. The largest absolute Gasteiger partial charge is 0.497 e. The van der Waals surface area contributed by atoms with E-state index in [1.807, 2.05) is 34.2 Å². The number of hydrogen-bond acceptors (Lipinski definition) is 4. The molecule has 1 amide bonds. The zero-order valence-electron chi connectivity index (χ0n) is 11.8. The summed E-state index contributed by atoms with van der Waals surface area (Å²) in [4.78, 5) is 17.6. The first-order valence-corrected chi connectivity index (χ1v) is 8.16.